The predicted octanol–water partition coefficient (Wildman–Crippen LogP) is 2.79. The number of nitrogens with one attached hydrogen (secondary N) is 2. The van der Waals surface area contributed by atoms with Crippen LogP contribution in [-0.4, -0.2) is 31.2 Å². The zero-order chi connectivity index (χ0) is 16.7. The maximum atomic E-state index is 12.1. The van der Waals surface area contributed by atoms with Gasteiger partial charge in [0.2, 0.25) is 0 Å². The number of ether oxygens (including phenoxy) is 1. The number of para-hydroxylation sites is 1. The highest BCUT2D eigenvalue weighted by atomic mass is 16.5. The summed E-state index contributed by atoms with van der Waals surface area (Å²) in [5, 5.41) is 13.0. The molecule has 2 aromatic rings. The van der Waals surface area contributed by atoms with E-state index in [1.54, 1.807) is 13.2 Å². The highest BCUT2D eigenvalue weighted by Crippen LogP contribution is 2.24. The van der Waals surface area contributed by atoms with E-state index in [-0.39, 0.29) is 11.5 Å². The number of amides is 1. The monoisotopic (exact) mass is 311 g/mol. The van der Waals surface area contributed by atoms with Crippen LogP contribution >= 0.6 is 0 Å². The number of benzene rings is 1. The standard InChI is InChI=1S/C18H21N3O2/c1-3-13-6-4-7-16-15(12-21-17(13)16)10-14(11-19)18(22)20-8-5-9-23-2/h4,6-7,10,12,21H,3,5,8-9H2,1-2H3,(H,20,22)/b14-10+. The van der Waals surface area contributed by atoms with Crippen molar-refractivity contribution in [2.75, 3.05) is 20.3 Å². The van der Waals surface area contributed by atoms with Crippen molar-refractivity contribution in [3.63, 3.8) is 0 Å². The van der Waals surface area contributed by atoms with Crippen LogP contribution in [0.5, 0.6) is 0 Å². The second-order valence-electron chi connectivity index (χ2n) is 5.21. The summed E-state index contributed by atoms with van der Waals surface area (Å²) >= 11 is 0. The summed E-state index contributed by atoms with van der Waals surface area (Å²) in [7, 11) is 1.62. The number of carbonyl (C=O) groups excluding carboxylic acids is 1. The van der Waals surface area contributed by atoms with Gasteiger partial charge in [-0.25, -0.2) is 0 Å². The molecule has 0 radical (unpaired) electrons. The van der Waals surface area contributed by atoms with Gasteiger partial charge in [0.15, 0.2) is 0 Å². The van der Waals surface area contributed by atoms with Gasteiger partial charge >= 0.3 is 0 Å². The minimum Gasteiger partial charge on any atom is -0.385 e. The van der Waals surface area contributed by atoms with Crippen LogP contribution in [0.1, 0.15) is 24.5 Å². The van der Waals surface area contributed by atoms with Crippen LogP contribution in [0.2, 0.25) is 0 Å². The van der Waals surface area contributed by atoms with Crippen molar-refractivity contribution >= 4 is 22.9 Å². The first-order chi connectivity index (χ1) is 11.2. The number of aromatic amines is 1. The van der Waals surface area contributed by atoms with Gasteiger partial charge in [0, 0.05) is 42.9 Å². The molecule has 120 valence electrons. The summed E-state index contributed by atoms with van der Waals surface area (Å²) in [6.07, 6.45) is 5.10. The van der Waals surface area contributed by atoms with Crippen molar-refractivity contribution in [3.8, 4) is 6.07 Å². The number of aryl methyl sites for hydroxylation is 1. The number of methoxy groups -OCH3 is 1. The molecule has 1 amide bonds. The molecule has 0 aliphatic rings. The Kier molecular flexibility index (Phi) is 5.95. The van der Waals surface area contributed by atoms with Crippen molar-refractivity contribution in [3.05, 3.63) is 41.1 Å². The second kappa shape index (κ2) is 8.16. The van der Waals surface area contributed by atoms with E-state index in [9.17, 15) is 10.1 Å². The van der Waals surface area contributed by atoms with Crippen LogP contribution in [0.3, 0.4) is 0 Å². The number of hydrogen-bond acceptors (Lipinski definition) is 3. The molecule has 1 heterocycles. The van der Waals surface area contributed by atoms with Gasteiger partial charge in [0.05, 0.1) is 0 Å². The smallest absolute Gasteiger partial charge is 0.261 e. The first-order valence-corrected chi connectivity index (χ1v) is 7.69. The molecule has 0 atom stereocenters. The lowest BCUT2D eigenvalue weighted by atomic mass is 10.1. The lowest BCUT2D eigenvalue weighted by Crippen LogP contribution is -2.26. The van der Waals surface area contributed by atoms with Crippen molar-refractivity contribution in [2.24, 2.45) is 0 Å². The van der Waals surface area contributed by atoms with Crippen LogP contribution in [0.15, 0.2) is 30.0 Å². The normalized spacial score (nSPS) is 11.4. The minimum atomic E-state index is -0.357. The van der Waals surface area contributed by atoms with E-state index in [0.717, 1.165) is 22.9 Å². The molecule has 5 heteroatoms. The number of rotatable bonds is 7. The Balaban J connectivity index is 2.22. The molecule has 0 spiro atoms. The van der Waals surface area contributed by atoms with Crippen molar-refractivity contribution in [1.29, 1.82) is 5.26 Å². The molecule has 5 nitrogen and oxygen atoms in total. The summed E-state index contributed by atoms with van der Waals surface area (Å²) in [6.45, 7) is 3.16. The summed E-state index contributed by atoms with van der Waals surface area (Å²) in [5.74, 6) is -0.357. The largest absolute Gasteiger partial charge is 0.385 e. The molecule has 0 bridgehead atoms. The number of nitrogens with zero attached hydrogens (tertiary/aromatic N) is 1. The van der Waals surface area contributed by atoms with Gasteiger partial charge in [0.1, 0.15) is 11.6 Å². The van der Waals surface area contributed by atoms with Crippen LogP contribution in [0.4, 0.5) is 0 Å². The molecule has 0 saturated carbocycles. The Labute approximate surface area is 135 Å². The molecule has 2 N–H and O–H groups in total. The number of carbonyl (C=O) groups is 1. The summed E-state index contributed by atoms with van der Waals surface area (Å²) in [6, 6.07) is 8.03. The van der Waals surface area contributed by atoms with Gasteiger partial charge < -0.3 is 15.0 Å². The van der Waals surface area contributed by atoms with Crippen molar-refractivity contribution in [1.82, 2.24) is 10.3 Å². The fourth-order valence-corrected chi connectivity index (χ4v) is 2.47. The van der Waals surface area contributed by atoms with Gasteiger partial charge in [-0.1, -0.05) is 25.1 Å². The molecule has 0 aliphatic carbocycles. The summed E-state index contributed by atoms with van der Waals surface area (Å²) < 4.78 is 4.93. The second-order valence-corrected chi connectivity index (χ2v) is 5.21. The molecule has 0 fully saturated rings. The highest BCUT2D eigenvalue weighted by Gasteiger charge is 2.11. The zero-order valence-corrected chi connectivity index (χ0v) is 13.5. The molecular weight excluding hydrogens is 290 g/mol. The van der Waals surface area contributed by atoms with Gasteiger partial charge in [-0.15, -0.1) is 0 Å². The fraction of sp³-hybridized carbons (Fsp3) is 0.333. The lowest BCUT2D eigenvalue weighted by molar-refractivity contribution is -0.117. The predicted molar refractivity (Wildman–Crippen MR) is 90.8 cm³/mol. The van der Waals surface area contributed by atoms with Gasteiger partial charge in [-0.05, 0) is 24.5 Å². The molecule has 2 rings (SSSR count). The van der Waals surface area contributed by atoms with Gasteiger partial charge in [0.25, 0.3) is 5.91 Å². The average Bonchev–Trinajstić information content (AvgIpc) is 2.99. The molecule has 1 aromatic heterocycles. The van der Waals surface area contributed by atoms with E-state index in [1.165, 1.54) is 5.56 Å². The molecule has 0 aliphatic heterocycles. The van der Waals surface area contributed by atoms with Crippen LogP contribution in [0.25, 0.3) is 17.0 Å². The Morgan fingerprint density at radius 1 is 1.48 bits per heavy atom. The molecule has 23 heavy (non-hydrogen) atoms. The maximum Gasteiger partial charge on any atom is 0.261 e. The first kappa shape index (κ1) is 16.8. The van der Waals surface area contributed by atoms with Crippen LogP contribution in [0, 0.1) is 11.3 Å². The van der Waals surface area contributed by atoms with Gasteiger partial charge in [-0.3, -0.25) is 4.79 Å². The fourth-order valence-electron chi connectivity index (χ4n) is 2.47. The number of aromatic nitrogens is 1. The quantitative estimate of drug-likeness (QED) is 0.469. The zero-order valence-electron chi connectivity index (χ0n) is 13.5. The summed E-state index contributed by atoms with van der Waals surface area (Å²) in [4.78, 5) is 15.3. The third-order valence-electron chi connectivity index (χ3n) is 3.69. The Bertz CT molecular complexity index is 753. The molecule has 1 aromatic carbocycles. The maximum absolute atomic E-state index is 12.1. The van der Waals surface area contributed by atoms with E-state index in [1.807, 2.05) is 24.4 Å². The molecule has 0 saturated heterocycles. The lowest BCUT2D eigenvalue weighted by Gasteiger charge is -2.03. The van der Waals surface area contributed by atoms with E-state index in [0.29, 0.717) is 19.6 Å². The Morgan fingerprint density at radius 3 is 3.00 bits per heavy atom. The Hall–Kier alpha value is -2.58. The van der Waals surface area contributed by atoms with Crippen LogP contribution < -0.4 is 5.32 Å². The third kappa shape index (κ3) is 3.99. The highest BCUT2D eigenvalue weighted by molar-refractivity contribution is 6.04. The van der Waals surface area contributed by atoms with Crippen LogP contribution in [-0.2, 0) is 16.0 Å². The number of H-pyrrole nitrogens is 1. The molecular formula is C18H21N3O2. The SMILES string of the molecule is CCc1cccc2c(/C=C(\C#N)C(=O)NCCCOC)c[nH]c12. The summed E-state index contributed by atoms with van der Waals surface area (Å²) in [5.41, 5.74) is 3.22. The minimum absolute atomic E-state index is 0.102. The van der Waals surface area contributed by atoms with E-state index >= 15 is 0 Å². The number of nitriles is 1. The topological polar surface area (TPSA) is 77.9 Å². The molecule has 0 unspecified atom stereocenters. The van der Waals surface area contributed by atoms with Gasteiger partial charge in [-0.2, -0.15) is 5.26 Å². The number of fused-ring (bicyclic) bond motifs is 1. The van der Waals surface area contributed by atoms with E-state index in [2.05, 4.69) is 23.3 Å². The third-order valence-corrected chi connectivity index (χ3v) is 3.69. The van der Waals surface area contributed by atoms with E-state index < -0.39 is 0 Å². The van der Waals surface area contributed by atoms with Crippen molar-refractivity contribution < 1.29 is 9.53 Å². The first-order valence-electron chi connectivity index (χ1n) is 7.69. The number of hydrogen-bond donors (Lipinski definition) is 2. The average molecular weight is 311 g/mol. The Morgan fingerprint density at radius 2 is 2.30 bits per heavy atom. The van der Waals surface area contributed by atoms with Crippen molar-refractivity contribution in [2.45, 2.75) is 19.8 Å². The van der Waals surface area contributed by atoms with E-state index in [4.69, 9.17) is 4.74 Å².